The van der Waals surface area contributed by atoms with E-state index in [0.29, 0.717) is 19.0 Å². The second-order valence-corrected chi connectivity index (χ2v) is 7.21. The van der Waals surface area contributed by atoms with Gasteiger partial charge >= 0.3 is 0 Å². The lowest BCUT2D eigenvalue weighted by atomic mass is 10.0. The van der Waals surface area contributed by atoms with Gasteiger partial charge in [-0.05, 0) is 37.8 Å². The highest BCUT2D eigenvalue weighted by atomic mass is 16.4. The number of aryl methyl sites for hydroxylation is 3. The third-order valence-electron chi connectivity index (χ3n) is 4.61. The van der Waals surface area contributed by atoms with E-state index in [0.717, 1.165) is 47.7 Å². The molecular weight excluding hydrogens is 300 g/mol. The second kappa shape index (κ2) is 6.80. The Balaban J connectivity index is 1.73. The summed E-state index contributed by atoms with van der Waals surface area (Å²) in [7, 11) is 0. The molecule has 24 heavy (non-hydrogen) atoms. The third kappa shape index (κ3) is 3.53. The first-order valence-corrected chi connectivity index (χ1v) is 8.78. The molecule has 1 amide bonds. The van der Waals surface area contributed by atoms with E-state index in [1.807, 2.05) is 30.9 Å². The molecule has 0 fully saturated rings. The van der Waals surface area contributed by atoms with Crippen molar-refractivity contribution in [1.82, 2.24) is 9.88 Å². The van der Waals surface area contributed by atoms with Crippen LogP contribution >= 0.6 is 0 Å². The molecule has 0 saturated carbocycles. The van der Waals surface area contributed by atoms with Gasteiger partial charge in [-0.25, -0.2) is 4.98 Å². The van der Waals surface area contributed by atoms with E-state index in [2.05, 4.69) is 24.9 Å². The molecule has 128 valence electrons. The van der Waals surface area contributed by atoms with Crippen LogP contribution in [-0.4, -0.2) is 22.3 Å². The van der Waals surface area contributed by atoms with Crippen LogP contribution in [0.4, 0.5) is 0 Å². The van der Waals surface area contributed by atoms with E-state index in [4.69, 9.17) is 4.42 Å². The van der Waals surface area contributed by atoms with Gasteiger partial charge in [-0.15, -0.1) is 0 Å². The zero-order valence-electron chi connectivity index (χ0n) is 15.1. The van der Waals surface area contributed by atoms with Crippen molar-refractivity contribution in [2.75, 3.05) is 6.54 Å². The van der Waals surface area contributed by atoms with Crippen LogP contribution in [0, 0.1) is 19.8 Å². The lowest BCUT2D eigenvalue weighted by Crippen LogP contribution is -2.36. The molecule has 1 aromatic carbocycles. The zero-order chi connectivity index (χ0) is 17.3. The van der Waals surface area contributed by atoms with Crippen LogP contribution in [0.2, 0.25) is 0 Å². The second-order valence-electron chi connectivity index (χ2n) is 7.21. The minimum Gasteiger partial charge on any atom is -0.445 e. The minimum atomic E-state index is 0.0879. The van der Waals surface area contributed by atoms with Crippen molar-refractivity contribution in [3.8, 4) is 0 Å². The SMILES string of the molecule is Cc1ccc(C(=O)N2CCc3oc(CCC(C)C)nc3C2)c(C)c1. The number of carbonyl (C=O) groups is 1. The van der Waals surface area contributed by atoms with Gasteiger partial charge in [0.25, 0.3) is 5.91 Å². The predicted octanol–water partition coefficient (Wildman–Crippen LogP) is 4.08. The number of hydrogen-bond acceptors (Lipinski definition) is 3. The Bertz CT molecular complexity index is 746. The quantitative estimate of drug-likeness (QED) is 0.850. The van der Waals surface area contributed by atoms with Crippen molar-refractivity contribution in [1.29, 1.82) is 0 Å². The lowest BCUT2D eigenvalue weighted by Gasteiger charge is -2.26. The molecule has 0 unspecified atom stereocenters. The van der Waals surface area contributed by atoms with Crippen LogP contribution in [0.1, 0.15) is 59.1 Å². The number of rotatable bonds is 4. The third-order valence-corrected chi connectivity index (χ3v) is 4.61. The summed E-state index contributed by atoms with van der Waals surface area (Å²) in [6, 6.07) is 5.98. The fraction of sp³-hybridized carbons (Fsp3) is 0.500. The van der Waals surface area contributed by atoms with Gasteiger partial charge in [-0.2, -0.15) is 0 Å². The van der Waals surface area contributed by atoms with Crippen molar-refractivity contribution in [2.45, 2.75) is 53.5 Å². The molecule has 1 aromatic heterocycles. The molecule has 0 radical (unpaired) electrons. The summed E-state index contributed by atoms with van der Waals surface area (Å²) in [6.45, 7) is 9.68. The number of fused-ring (bicyclic) bond motifs is 1. The Morgan fingerprint density at radius 3 is 2.83 bits per heavy atom. The number of amides is 1. The number of aromatic nitrogens is 1. The maximum Gasteiger partial charge on any atom is 0.254 e. The summed E-state index contributed by atoms with van der Waals surface area (Å²) in [5, 5.41) is 0. The molecule has 0 saturated heterocycles. The summed E-state index contributed by atoms with van der Waals surface area (Å²) in [6.07, 6.45) is 2.70. The summed E-state index contributed by atoms with van der Waals surface area (Å²) in [5.41, 5.74) is 3.92. The van der Waals surface area contributed by atoms with Crippen molar-refractivity contribution < 1.29 is 9.21 Å². The van der Waals surface area contributed by atoms with Crippen LogP contribution in [-0.2, 0) is 19.4 Å². The largest absolute Gasteiger partial charge is 0.445 e. The highest BCUT2D eigenvalue weighted by Crippen LogP contribution is 2.23. The van der Waals surface area contributed by atoms with E-state index in [1.54, 1.807) is 0 Å². The normalized spacial score (nSPS) is 14.1. The van der Waals surface area contributed by atoms with Gasteiger partial charge < -0.3 is 9.32 Å². The van der Waals surface area contributed by atoms with Gasteiger partial charge in [0, 0.05) is 24.9 Å². The van der Waals surface area contributed by atoms with E-state index in [9.17, 15) is 4.79 Å². The Morgan fingerprint density at radius 2 is 2.12 bits per heavy atom. The minimum absolute atomic E-state index is 0.0879. The maximum atomic E-state index is 12.8. The monoisotopic (exact) mass is 326 g/mol. The molecule has 0 aliphatic carbocycles. The Labute approximate surface area is 143 Å². The zero-order valence-corrected chi connectivity index (χ0v) is 15.1. The first-order valence-electron chi connectivity index (χ1n) is 8.78. The fourth-order valence-corrected chi connectivity index (χ4v) is 3.17. The molecule has 3 rings (SSSR count). The number of oxazole rings is 1. The van der Waals surface area contributed by atoms with Crippen LogP contribution in [0.15, 0.2) is 22.6 Å². The van der Waals surface area contributed by atoms with Gasteiger partial charge in [0.2, 0.25) is 0 Å². The standard InChI is InChI=1S/C20H26N2O2/c1-13(2)5-8-19-21-17-12-22(10-9-18(17)24-19)20(23)16-7-6-14(3)11-15(16)4/h6-7,11,13H,5,8-10,12H2,1-4H3. The van der Waals surface area contributed by atoms with Gasteiger partial charge in [0.05, 0.1) is 6.54 Å². The fourth-order valence-electron chi connectivity index (χ4n) is 3.17. The highest BCUT2D eigenvalue weighted by Gasteiger charge is 2.26. The molecule has 4 heteroatoms. The molecule has 1 aliphatic heterocycles. The molecule has 0 bridgehead atoms. The Morgan fingerprint density at radius 1 is 1.33 bits per heavy atom. The summed E-state index contributed by atoms with van der Waals surface area (Å²) in [4.78, 5) is 19.3. The van der Waals surface area contributed by atoms with Gasteiger partial charge in [-0.1, -0.05) is 31.5 Å². The maximum absolute atomic E-state index is 12.8. The first-order chi connectivity index (χ1) is 11.4. The molecule has 0 atom stereocenters. The summed E-state index contributed by atoms with van der Waals surface area (Å²) in [5.74, 6) is 2.49. The van der Waals surface area contributed by atoms with E-state index >= 15 is 0 Å². The van der Waals surface area contributed by atoms with Crippen LogP contribution in [0.5, 0.6) is 0 Å². The number of hydrogen-bond donors (Lipinski definition) is 0. The van der Waals surface area contributed by atoms with Gasteiger partial charge in [0.1, 0.15) is 11.5 Å². The molecule has 2 aromatic rings. The summed E-state index contributed by atoms with van der Waals surface area (Å²) < 4.78 is 5.88. The Kier molecular flexibility index (Phi) is 4.74. The molecule has 4 nitrogen and oxygen atoms in total. The van der Waals surface area contributed by atoms with E-state index in [-0.39, 0.29) is 5.91 Å². The van der Waals surface area contributed by atoms with Crippen LogP contribution < -0.4 is 0 Å². The number of carbonyl (C=O) groups excluding carboxylic acids is 1. The van der Waals surface area contributed by atoms with Gasteiger partial charge in [-0.3, -0.25) is 4.79 Å². The van der Waals surface area contributed by atoms with E-state index < -0.39 is 0 Å². The number of nitrogens with zero attached hydrogens (tertiary/aromatic N) is 2. The highest BCUT2D eigenvalue weighted by molar-refractivity contribution is 5.95. The Hall–Kier alpha value is -2.10. The van der Waals surface area contributed by atoms with Gasteiger partial charge in [0.15, 0.2) is 5.89 Å². The van der Waals surface area contributed by atoms with Crippen molar-refractivity contribution in [3.63, 3.8) is 0 Å². The first kappa shape index (κ1) is 16.7. The summed E-state index contributed by atoms with van der Waals surface area (Å²) >= 11 is 0. The smallest absolute Gasteiger partial charge is 0.254 e. The van der Waals surface area contributed by atoms with E-state index in [1.165, 1.54) is 5.56 Å². The average Bonchev–Trinajstić information content (AvgIpc) is 2.94. The van der Waals surface area contributed by atoms with Crippen molar-refractivity contribution in [3.05, 3.63) is 52.2 Å². The topological polar surface area (TPSA) is 46.3 Å². The molecule has 2 heterocycles. The molecule has 1 aliphatic rings. The average molecular weight is 326 g/mol. The number of benzene rings is 1. The van der Waals surface area contributed by atoms with Crippen LogP contribution in [0.3, 0.4) is 0 Å². The predicted molar refractivity (Wildman–Crippen MR) is 94.0 cm³/mol. The molecular formula is C20H26N2O2. The van der Waals surface area contributed by atoms with Crippen LogP contribution in [0.25, 0.3) is 0 Å². The molecule has 0 spiro atoms. The lowest BCUT2D eigenvalue weighted by molar-refractivity contribution is 0.0727. The van der Waals surface area contributed by atoms with Crippen molar-refractivity contribution >= 4 is 5.91 Å². The molecule has 0 N–H and O–H groups in total. The van der Waals surface area contributed by atoms with Crippen molar-refractivity contribution in [2.24, 2.45) is 5.92 Å².